The summed E-state index contributed by atoms with van der Waals surface area (Å²) in [5, 5.41) is 10.7. The number of aryl methyl sites for hydroxylation is 1. The molecule has 0 amide bonds. The molecule has 0 aliphatic heterocycles. The van der Waals surface area contributed by atoms with E-state index in [0.29, 0.717) is 25.0 Å². The highest BCUT2D eigenvalue weighted by molar-refractivity contribution is 5.79. The van der Waals surface area contributed by atoms with Gasteiger partial charge in [0.1, 0.15) is 11.6 Å². The minimum absolute atomic E-state index is 0.450. The quantitative estimate of drug-likeness (QED) is 0.449. The van der Waals surface area contributed by atoms with E-state index in [9.17, 15) is 0 Å². The van der Waals surface area contributed by atoms with Crippen LogP contribution in [-0.4, -0.2) is 32.7 Å². The van der Waals surface area contributed by atoms with Gasteiger partial charge in [-0.3, -0.25) is 9.56 Å². The second kappa shape index (κ2) is 9.86. The van der Waals surface area contributed by atoms with E-state index in [1.807, 2.05) is 42.1 Å². The summed E-state index contributed by atoms with van der Waals surface area (Å²) in [6.45, 7) is 7.44. The SMILES string of the molecule is CCC(CC)c1cc(CNC(=NC)NCc2ccc(-n3ccnc3C)nc2)on1. The van der Waals surface area contributed by atoms with Crippen molar-refractivity contribution < 1.29 is 4.52 Å². The zero-order valence-corrected chi connectivity index (χ0v) is 17.5. The first-order valence-electron chi connectivity index (χ1n) is 9.99. The number of hydrogen-bond acceptors (Lipinski definition) is 5. The molecule has 8 heteroatoms. The molecule has 0 aliphatic rings. The van der Waals surface area contributed by atoms with Gasteiger partial charge in [0.15, 0.2) is 11.7 Å². The van der Waals surface area contributed by atoms with Gasteiger partial charge in [0.2, 0.25) is 0 Å². The summed E-state index contributed by atoms with van der Waals surface area (Å²) in [5.74, 6) is 3.71. The van der Waals surface area contributed by atoms with E-state index < -0.39 is 0 Å². The van der Waals surface area contributed by atoms with E-state index in [1.54, 1.807) is 13.2 Å². The highest BCUT2D eigenvalue weighted by Gasteiger charge is 2.13. The molecule has 3 rings (SSSR count). The highest BCUT2D eigenvalue weighted by Crippen LogP contribution is 2.22. The fourth-order valence-corrected chi connectivity index (χ4v) is 3.17. The van der Waals surface area contributed by atoms with Gasteiger partial charge < -0.3 is 15.2 Å². The van der Waals surface area contributed by atoms with Gasteiger partial charge in [-0.2, -0.15) is 0 Å². The van der Waals surface area contributed by atoms with E-state index in [1.165, 1.54) is 0 Å². The summed E-state index contributed by atoms with van der Waals surface area (Å²) in [4.78, 5) is 13.0. The van der Waals surface area contributed by atoms with Gasteiger partial charge in [0.05, 0.1) is 12.2 Å². The lowest BCUT2D eigenvalue weighted by atomic mass is 9.99. The average molecular weight is 396 g/mol. The Bertz CT molecular complexity index is 923. The van der Waals surface area contributed by atoms with Crippen LogP contribution in [0.4, 0.5) is 0 Å². The molecule has 8 nitrogen and oxygen atoms in total. The minimum Gasteiger partial charge on any atom is -0.359 e. The Labute approximate surface area is 171 Å². The van der Waals surface area contributed by atoms with Gasteiger partial charge in [-0.1, -0.05) is 25.1 Å². The Kier molecular flexibility index (Phi) is 6.99. The molecule has 0 saturated carbocycles. The standard InChI is InChI=1S/C21H29N7O/c1-5-17(6-2)19-11-18(29-27-19)14-26-21(22-4)25-13-16-7-8-20(24-12-16)28-10-9-23-15(28)3/h7-12,17H,5-6,13-14H2,1-4H3,(H2,22,25,26). The lowest BCUT2D eigenvalue weighted by molar-refractivity contribution is 0.368. The summed E-state index contributed by atoms with van der Waals surface area (Å²) in [7, 11) is 1.74. The monoisotopic (exact) mass is 395 g/mol. The van der Waals surface area contributed by atoms with Crippen LogP contribution in [0, 0.1) is 6.92 Å². The van der Waals surface area contributed by atoms with Crippen molar-refractivity contribution in [3.05, 3.63) is 59.6 Å². The summed E-state index contributed by atoms with van der Waals surface area (Å²) in [5.41, 5.74) is 2.08. The van der Waals surface area contributed by atoms with E-state index in [-0.39, 0.29) is 0 Å². The van der Waals surface area contributed by atoms with E-state index >= 15 is 0 Å². The molecule has 0 aliphatic carbocycles. The first-order chi connectivity index (χ1) is 14.1. The van der Waals surface area contributed by atoms with Crippen LogP contribution < -0.4 is 10.6 Å². The third-order valence-electron chi connectivity index (χ3n) is 4.98. The van der Waals surface area contributed by atoms with Crippen molar-refractivity contribution in [1.82, 2.24) is 30.3 Å². The van der Waals surface area contributed by atoms with E-state index in [0.717, 1.165) is 41.5 Å². The van der Waals surface area contributed by atoms with Crippen molar-refractivity contribution in [2.75, 3.05) is 7.05 Å². The van der Waals surface area contributed by atoms with Crippen LogP contribution in [0.3, 0.4) is 0 Å². The number of imidazole rings is 1. The van der Waals surface area contributed by atoms with E-state index in [4.69, 9.17) is 4.52 Å². The number of nitrogens with one attached hydrogen (secondary N) is 2. The van der Waals surface area contributed by atoms with Crippen molar-refractivity contribution in [2.45, 2.75) is 52.6 Å². The third kappa shape index (κ3) is 5.22. The molecule has 0 aromatic carbocycles. The van der Waals surface area contributed by atoms with Crippen LogP contribution >= 0.6 is 0 Å². The molecule has 0 spiro atoms. The second-order valence-corrected chi connectivity index (χ2v) is 6.88. The number of guanidine groups is 1. The summed E-state index contributed by atoms with van der Waals surface area (Å²) < 4.78 is 7.40. The molecule has 29 heavy (non-hydrogen) atoms. The van der Waals surface area contributed by atoms with Gasteiger partial charge in [0, 0.05) is 44.2 Å². The predicted octanol–water partition coefficient (Wildman–Crippen LogP) is 3.33. The van der Waals surface area contributed by atoms with Crippen LogP contribution in [0.15, 0.2) is 46.3 Å². The molecular weight excluding hydrogens is 366 g/mol. The summed E-state index contributed by atoms with van der Waals surface area (Å²) in [6.07, 6.45) is 7.65. The first kappa shape index (κ1) is 20.6. The van der Waals surface area contributed by atoms with Gasteiger partial charge in [-0.05, 0) is 31.4 Å². The Balaban J connectivity index is 1.51. The lowest BCUT2D eigenvalue weighted by Crippen LogP contribution is -2.36. The first-order valence-corrected chi connectivity index (χ1v) is 9.99. The molecule has 3 aromatic rings. The molecule has 0 radical (unpaired) electrons. The zero-order valence-electron chi connectivity index (χ0n) is 17.5. The van der Waals surface area contributed by atoms with Crippen LogP contribution in [0.5, 0.6) is 0 Å². The Hall–Kier alpha value is -3.16. The van der Waals surface area contributed by atoms with Gasteiger partial charge in [0.25, 0.3) is 0 Å². The molecule has 3 aromatic heterocycles. The molecule has 2 N–H and O–H groups in total. The van der Waals surface area contributed by atoms with Gasteiger partial charge in [-0.25, -0.2) is 9.97 Å². The van der Waals surface area contributed by atoms with E-state index in [2.05, 4.69) is 44.6 Å². The van der Waals surface area contributed by atoms with Crippen LogP contribution in [0.25, 0.3) is 5.82 Å². The molecule has 0 unspecified atom stereocenters. The largest absolute Gasteiger partial charge is 0.359 e. The zero-order chi connectivity index (χ0) is 20.6. The fourth-order valence-electron chi connectivity index (χ4n) is 3.17. The maximum Gasteiger partial charge on any atom is 0.191 e. The smallest absolute Gasteiger partial charge is 0.191 e. The summed E-state index contributed by atoms with van der Waals surface area (Å²) in [6, 6.07) is 6.05. The molecule has 0 atom stereocenters. The van der Waals surface area contributed by atoms with Crippen molar-refractivity contribution >= 4 is 5.96 Å². The number of pyridine rings is 1. The van der Waals surface area contributed by atoms with Crippen LogP contribution in [0.1, 0.15) is 55.4 Å². The minimum atomic E-state index is 0.450. The number of aromatic nitrogens is 4. The number of nitrogens with zero attached hydrogens (tertiary/aromatic N) is 5. The number of hydrogen-bond donors (Lipinski definition) is 2. The van der Waals surface area contributed by atoms with Crippen LogP contribution in [-0.2, 0) is 13.1 Å². The van der Waals surface area contributed by atoms with Gasteiger partial charge in [-0.15, -0.1) is 0 Å². The van der Waals surface area contributed by atoms with Gasteiger partial charge >= 0.3 is 0 Å². The molecule has 3 heterocycles. The predicted molar refractivity (Wildman–Crippen MR) is 113 cm³/mol. The van der Waals surface area contributed by atoms with Crippen molar-refractivity contribution in [1.29, 1.82) is 0 Å². The fraction of sp³-hybridized carbons (Fsp3) is 0.429. The Morgan fingerprint density at radius 1 is 1.17 bits per heavy atom. The molecule has 0 saturated heterocycles. The lowest BCUT2D eigenvalue weighted by Gasteiger charge is -2.11. The topological polar surface area (TPSA) is 93.2 Å². The molecule has 0 bridgehead atoms. The molecule has 154 valence electrons. The summed E-state index contributed by atoms with van der Waals surface area (Å²) >= 11 is 0. The van der Waals surface area contributed by atoms with Crippen LogP contribution in [0.2, 0.25) is 0 Å². The molecular formula is C21H29N7O. The maximum absolute atomic E-state index is 5.45. The Morgan fingerprint density at radius 3 is 2.59 bits per heavy atom. The third-order valence-corrected chi connectivity index (χ3v) is 4.98. The molecule has 0 fully saturated rings. The normalized spacial score (nSPS) is 11.8. The van der Waals surface area contributed by atoms with Crippen molar-refractivity contribution in [3.63, 3.8) is 0 Å². The Morgan fingerprint density at radius 2 is 1.97 bits per heavy atom. The average Bonchev–Trinajstić information content (AvgIpc) is 3.39. The number of aliphatic imine (C=N–C) groups is 1. The van der Waals surface area contributed by atoms with Crippen molar-refractivity contribution in [2.24, 2.45) is 4.99 Å². The second-order valence-electron chi connectivity index (χ2n) is 6.88. The highest BCUT2D eigenvalue weighted by atomic mass is 16.5. The maximum atomic E-state index is 5.45. The number of rotatable bonds is 8. The van der Waals surface area contributed by atoms with Crippen molar-refractivity contribution in [3.8, 4) is 5.82 Å².